The van der Waals surface area contributed by atoms with Gasteiger partial charge in [0.1, 0.15) is 29.4 Å². The topological polar surface area (TPSA) is 86.5 Å². The average molecular weight is 501 g/mol. The normalized spacial score (nSPS) is 10.9. The van der Waals surface area contributed by atoms with Crippen LogP contribution in [-0.4, -0.2) is 38.8 Å². The Bertz CT molecular complexity index is 1690. The van der Waals surface area contributed by atoms with Crippen LogP contribution in [0.2, 0.25) is 0 Å². The summed E-state index contributed by atoms with van der Waals surface area (Å²) in [5.74, 6) is 2.48. The Morgan fingerprint density at radius 3 is 2.03 bits per heavy atom. The first-order valence-electron chi connectivity index (χ1n) is 12.1. The van der Waals surface area contributed by atoms with E-state index in [0.29, 0.717) is 23.2 Å². The Balaban J connectivity index is 1.69. The van der Waals surface area contributed by atoms with Crippen LogP contribution < -0.4 is 14.8 Å². The molecule has 3 aromatic heterocycles. The third kappa shape index (κ3) is 4.18. The third-order valence-corrected chi connectivity index (χ3v) is 6.23. The maximum atomic E-state index is 6.04. The van der Waals surface area contributed by atoms with Crippen molar-refractivity contribution in [3.63, 3.8) is 0 Å². The van der Waals surface area contributed by atoms with Gasteiger partial charge in [-0.05, 0) is 29.3 Å². The molecule has 3 aromatic carbocycles. The van der Waals surface area contributed by atoms with E-state index >= 15 is 0 Å². The van der Waals surface area contributed by atoms with Crippen LogP contribution in [0.25, 0.3) is 39.2 Å². The van der Waals surface area contributed by atoms with E-state index in [0.717, 1.165) is 39.3 Å². The van der Waals surface area contributed by atoms with E-state index in [2.05, 4.69) is 27.4 Å². The maximum Gasteiger partial charge on any atom is 0.228 e. The summed E-state index contributed by atoms with van der Waals surface area (Å²) in [5.41, 5.74) is 5.97. The van der Waals surface area contributed by atoms with Gasteiger partial charge in [0.05, 0.1) is 25.3 Å². The summed E-state index contributed by atoms with van der Waals surface area (Å²) < 4.78 is 13.2. The largest absolute Gasteiger partial charge is 0.497 e. The second-order valence-electron chi connectivity index (χ2n) is 8.48. The first-order chi connectivity index (χ1) is 18.8. The van der Waals surface area contributed by atoms with Gasteiger partial charge >= 0.3 is 0 Å². The fraction of sp³-hybridized carbons (Fsp3) is 0.0667. The lowest BCUT2D eigenvalue weighted by Crippen LogP contribution is -2.06. The van der Waals surface area contributed by atoms with E-state index in [4.69, 9.17) is 19.6 Å². The minimum absolute atomic E-state index is 0.538. The fourth-order valence-corrected chi connectivity index (χ4v) is 4.47. The molecule has 8 heteroatoms. The number of benzene rings is 3. The smallest absolute Gasteiger partial charge is 0.228 e. The zero-order valence-electron chi connectivity index (χ0n) is 20.9. The summed E-state index contributed by atoms with van der Waals surface area (Å²) >= 11 is 0. The molecule has 38 heavy (non-hydrogen) atoms. The summed E-state index contributed by atoms with van der Waals surface area (Å²) in [5, 5.41) is 8.43. The van der Waals surface area contributed by atoms with Crippen LogP contribution in [-0.2, 0) is 0 Å². The van der Waals surface area contributed by atoms with Crippen LogP contribution in [0.5, 0.6) is 11.6 Å². The van der Waals surface area contributed by atoms with E-state index in [1.165, 1.54) is 6.33 Å². The number of rotatable bonds is 7. The van der Waals surface area contributed by atoms with Gasteiger partial charge in [0.2, 0.25) is 5.88 Å². The lowest BCUT2D eigenvalue weighted by molar-refractivity contribution is 0.387. The van der Waals surface area contributed by atoms with E-state index in [1.807, 2.05) is 72.8 Å². The standard InChI is InChI=1S/C30H24N6O2/c1-37-23-15-13-21(14-16-23)26-28(33-24-17-18-31-19-32-24)34-29-25(20-9-5-3-6-10-20)27(22-11-7-4-8-12-22)35-36(29)30(26)38-2/h3-19H,1-2H3,(H,31,32,33,34). The molecule has 0 saturated heterocycles. The van der Waals surface area contributed by atoms with Crippen LogP contribution in [0, 0.1) is 0 Å². The van der Waals surface area contributed by atoms with Crippen LogP contribution in [0.1, 0.15) is 0 Å². The first kappa shape index (κ1) is 23.2. The minimum atomic E-state index is 0.538. The van der Waals surface area contributed by atoms with Crippen molar-refractivity contribution in [1.82, 2.24) is 24.6 Å². The molecule has 8 nitrogen and oxygen atoms in total. The molecule has 0 spiro atoms. The Morgan fingerprint density at radius 1 is 0.711 bits per heavy atom. The monoisotopic (exact) mass is 500 g/mol. The molecule has 0 fully saturated rings. The second-order valence-corrected chi connectivity index (χ2v) is 8.48. The van der Waals surface area contributed by atoms with E-state index in [-0.39, 0.29) is 0 Å². The molecular weight excluding hydrogens is 476 g/mol. The summed E-state index contributed by atoms with van der Waals surface area (Å²) in [6, 6.07) is 29.8. The highest BCUT2D eigenvalue weighted by Crippen LogP contribution is 2.42. The molecule has 0 unspecified atom stereocenters. The van der Waals surface area contributed by atoms with Crippen LogP contribution in [0.15, 0.2) is 104 Å². The van der Waals surface area contributed by atoms with Crippen molar-refractivity contribution in [3.8, 4) is 45.1 Å². The van der Waals surface area contributed by atoms with Gasteiger partial charge in [0.15, 0.2) is 5.65 Å². The lowest BCUT2D eigenvalue weighted by atomic mass is 10.0. The number of hydrogen-bond donors (Lipinski definition) is 1. The zero-order chi connectivity index (χ0) is 25.9. The minimum Gasteiger partial charge on any atom is -0.497 e. The van der Waals surface area contributed by atoms with Crippen molar-refractivity contribution < 1.29 is 9.47 Å². The predicted octanol–water partition coefficient (Wildman–Crippen LogP) is 6.28. The molecule has 0 aliphatic rings. The molecule has 6 aromatic rings. The molecule has 6 rings (SSSR count). The molecular formula is C30H24N6O2. The Morgan fingerprint density at radius 2 is 1.39 bits per heavy atom. The van der Waals surface area contributed by atoms with Crippen molar-refractivity contribution in [1.29, 1.82) is 0 Å². The lowest BCUT2D eigenvalue weighted by Gasteiger charge is -2.16. The van der Waals surface area contributed by atoms with E-state index in [1.54, 1.807) is 31.0 Å². The molecule has 0 aliphatic heterocycles. The van der Waals surface area contributed by atoms with Gasteiger partial charge in [0, 0.05) is 11.8 Å². The van der Waals surface area contributed by atoms with Crippen molar-refractivity contribution in [3.05, 3.63) is 104 Å². The SMILES string of the molecule is COc1ccc(-c2c(Nc3ccncn3)nc3c(-c4ccccc4)c(-c4ccccc4)nn3c2OC)cc1. The van der Waals surface area contributed by atoms with Crippen LogP contribution >= 0.6 is 0 Å². The van der Waals surface area contributed by atoms with Gasteiger partial charge < -0.3 is 14.8 Å². The number of methoxy groups -OCH3 is 2. The highest BCUT2D eigenvalue weighted by molar-refractivity contribution is 5.93. The summed E-state index contributed by atoms with van der Waals surface area (Å²) in [7, 11) is 3.29. The van der Waals surface area contributed by atoms with Crippen molar-refractivity contribution in [2.75, 3.05) is 19.5 Å². The molecule has 0 atom stereocenters. The third-order valence-electron chi connectivity index (χ3n) is 6.23. The Hall–Kier alpha value is -5.24. The highest BCUT2D eigenvalue weighted by Gasteiger charge is 2.25. The molecule has 0 amide bonds. The quantitative estimate of drug-likeness (QED) is 0.276. The van der Waals surface area contributed by atoms with Gasteiger partial charge in [-0.15, -0.1) is 0 Å². The van der Waals surface area contributed by atoms with Gasteiger partial charge in [-0.2, -0.15) is 9.61 Å². The number of nitrogens with one attached hydrogen (secondary N) is 1. The molecule has 0 bridgehead atoms. The molecule has 0 radical (unpaired) electrons. The number of fused-ring (bicyclic) bond motifs is 1. The van der Waals surface area contributed by atoms with E-state index < -0.39 is 0 Å². The number of ether oxygens (including phenoxy) is 2. The summed E-state index contributed by atoms with van der Waals surface area (Å²) in [6.07, 6.45) is 3.17. The van der Waals surface area contributed by atoms with Gasteiger partial charge in [-0.1, -0.05) is 72.8 Å². The second kappa shape index (κ2) is 10.0. The van der Waals surface area contributed by atoms with Crippen LogP contribution in [0.3, 0.4) is 0 Å². The van der Waals surface area contributed by atoms with Crippen molar-refractivity contribution in [2.45, 2.75) is 0 Å². The molecule has 186 valence electrons. The Kier molecular flexibility index (Phi) is 6.11. The zero-order valence-corrected chi connectivity index (χ0v) is 20.9. The number of aromatic nitrogens is 5. The predicted molar refractivity (Wildman–Crippen MR) is 148 cm³/mol. The van der Waals surface area contributed by atoms with E-state index in [9.17, 15) is 0 Å². The van der Waals surface area contributed by atoms with Crippen molar-refractivity contribution in [2.24, 2.45) is 0 Å². The molecule has 1 N–H and O–H groups in total. The van der Waals surface area contributed by atoms with Crippen molar-refractivity contribution >= 4 is 17.3 Å². The van der Waals surface area contributed by atoms with Gasteiger partial charge in [0.25, 0.3) is 0 Å². The summed E-state index contributed by atoms with van der Waals surface area (Å²) in [4.78, 5) is 13.5. The van der Waals surface area contributed by atoms with Gasteiger partial charge in [-0.3, -0.25) is 0 Å². The molecule has 3 heterocycles. The highest BCUT2D eigenvalue weighted by atomic mass is 16.5. The Labute approximate surface area is 219 Å². The maximum absolute atomic E-state index is 6.04. The number of nitrogens with zero attached hydrogens (tertiary/aromatic N) is 5. The fourth-order valence-electron chi connectivity index (χ4n) is 4.47. The number of anilines is 2. The first-order valence-corrected chi connectivity index (χ1v) is 12.1. The van der Waals surface area contributed by atoms with Gasteiger partial charge in [-0.25, -0.2) is 15.0 Å². The average Bonchev–Trinajstić information content (AvgIpc) is 3.37. The molecule has 0 aliphatic carbocycles. The number of hydrogen-bond acceptors (Lipinski definition) is 7. The van der Waals surface area contributed by atoms with Crippen LogP contribution in [0.4, 0.5) is 11.6 Å². The molecule has 0 saturated carbocycles. The summed E-state index contributed by atoms with van der Waals surface area (Å²) in [6.45, 7) is 0.